The zero-order valence-corrected chi connectivity index (χ0v) is 12.0. The van der Waals surface area contributed by atoms with Crippen molar-refractivity contribution in [1.82, 2.24) is 20.2 Å². The smallest absolute Gasteiger partial charge is 0.141 e. The van der Waals surface area contributed by atoms with Crippen molar-refractivity contribution in [2.45, 2.75) is 19.5 Å². The molecule has 0 unspecified atom stereocenters. The highest BCUT2D eigenvalue weighted by molar-refractivity contribution is 5.14. The van der Waals surface area contributed by atoms with E-state index in [0.717, 1.165) is 38.4 Å². The summed E-state index contributed by atoms with van der Waals surface area (Å²) in [6.45, 7) is 3.81. The number of rotatable bonds is 8. The molecule has 0 aliphatic carbocycles. The molecule has 2 rings (SSSR count). The Morgan fingerprint density at radius 1 is 1.05 bits per heavy atom. The summed E-state index contributed by atoms with van der Waals surface area (Å²) in [4.78, 5) is 10.7. The molecule has 1 N–H and O–H groups in total. The summed E-state index contributed by atoms with van der Waals surface area (Å²) in [6, 6.07) is 12.4. The number of nitrogens with zero attached hydrogens (tertiary/aromatic N) is 3. The highest BCUT2D eigenvalue weighted by Gasteiger charge is 2.00. The van der Waals surface area contributed by atoms with Crippen molar-refractivity contribution < 1.29 is 0 Å². The minimum atomic E-state index is 0.739. The summed E-state index contributed by atoms with van der Waals surface area (Å²) in [7, 11) is 2.16. The topological polar surface area (TPSA) is 41.0 Å². The maximum Gasteiger partial charge on any atom is 0.141 e. The lowest BCUT2D eigenvalue weighted by atomic mass is 10.2. The van der Waals surface area contributed by atoms with Crippen LogP contribution in [-0.4, -0.2) is 35.0 Å². The van der Waals surface area contributed by atoms with Crippen molar-refractivity contribution in [3.63, 3.8) is 0 Å². The summed E-state index contributed by atoms with van der Waals surface area (Å²) < 4.78 is 0. The van der Waals surface area contributed by atoms with E-state index in [1.165, 1.54) is 5.56 Å². The second-order valence-corrected chi connectivity index (χ2v) is 4.92. The maximum absolute atomic E-state index is 4.18. The van der Waals surface area contributed by atoms with Crippen LogP contribution in [0.25, 0.3) is 0 Å². The first-order valence-electron chi connectivity index (χ1n) is 7.03. The Morgan fingerprint density at radius 3 is 2.55 bits per heavy atom. The third-order valence-electron chi connectivity index (χ3n) is 3.09. The van der Waals surface area contributed by atoms with E-state index in [1.54, 1.807) is 12.4 Å². The molecule has 1 heterocycles. The zero-order chi connectivity index (χ0) is 14.0. The molecule has 4 nitrogen and oxygen atoms in total. The molecule has 0 bridgehead atoms. The van der Waals surface area contributed by atoms with Crippen LogP contribution in [0.15, 0.2) is 48.8 Å². The molecule has 0 saturated heterocycles. The van der Waals surface area contributed by atoms with E-state index in [9.17, 15) is 0 Å². The van der Waals surface area contributed by atoms with Crippen LogP contribution in [-0.2, 0) is 13.1 Å². The molecule has 1 aromatic heterocycles. The molecule has 106 valence electrons. The lowest BCUT2D eigenvalue weighted by Gasteiger charge is -2.16. The molecule has 4 heteroatoms. The van der Waals surface area contributed by atoms with Crippen LogP contribution >= 0.6 is 0 Å². The number of aromatic nitrogens is 2. The van der Waals surface area contributed by atoms with Gasteiger partial charge in [-0.2, -0.15) is 0 Å². The lowest BCUT2D eigenvalue weighted by molar-refractivity contribution is 0.319. The van der Waals surface area contributed by atoms with Gasteiger partial charge in [-0.3, -0.25) is 0 Å². The molecule has 0 aliphatic heterocycles. The van der Waals surface area contributed by atoms with Gasteiger partial charge in [-0.15, -0.1) is 0 Å². The summed E-state index contributed by atoms with van der Waals surface area (Å²) in [5, 5.41) is 3.37. The fraction of sp³-hybridized carbons (Fsp3) is 0.375. The van der Waals surface area contributed by atoms with Gasteiger partial charge in [0, 0.05) is 18.9 Å². The summed E-state index contributed by atoms with van der Waals surface area (Å²) >= 11 is 0. The molecular formula is C16H22N4. The molecule has 2 aromatic rings. The molecule has 0 radical (unpaired) electrons. The lowest BCUT2D eigenvalue weighted by Crippen LogP contribution is -2.24. The van der Waals surface area contributed by atoms with Crippen molar-refractivity contribution in [2.75, 3.05) is 20.1 Å². The maximum atomic E-state index is 4.18. The van der Waals surface area contributed by atoms with Gasteiger partial charge in [0.2, 0.25) is 0 Å². The highest BCUT2D eigenvalue weighted by Crippen LogP contribution is 2.02. The van der Waals surface area contributed by atoms with Gasteiger partial charge in [-0.1, -0.05) is 30.3 Å². The van der Waals surface area contributed by atoms with Gasteiger partial charge >= 0.3 is 0 Å². The third-order valence-corrected chi connectivity index (χ3v) is 3.09. The quantitative estimate of drug-likeness (QED) is 0.746. The summed E-state index contributed by atoms with van der Waals surface area (Å²) in [6.07, 6.45) is 4.67. The normalized spacial score (nSPS) is 10.9. The van der Waals surface area contributed by atoms with E-state index >= 15 is 0 Å². The first kappa shape index (κ1) is 14.6. The van der Waals surface area contributed by atoms with Crippen LogP contribution < -0.4 is 5.32 Å². The number of hydrogen-bond donors (Lipinski definition) is 1. The molecule has 0 spiro atoms. The predicted molar refractivity (Wildman–Crippen MR) is 81.1 cm³/mol. The van der Waals surface area contributed by atoms with Crippen molar-refractivity contribution >= 4 is 0 Å². The average Bonchev–Trinajstić information content (AvgIpc) is 2.49. The van der Waals surface area contributed by atoms with Crippen molar-refractivity contribution in [3.05, 3.63) is 60.2 Å². The van der Waals surface area contributed by atoms with Crippen molar-refractivity contribution in [3.8, 4) is 0 Å². The summed E-state index contributed by atoms with van der Waals surface area (Å²) in [5.74, 6) is 0.852. The van der Waals surface area contributed by atoms with Gasteiger partial charge in [-0.25, -0.2) is 9.97 Å². The molecule has 1 aromatic carbocycles. The van der Waals surface area contributed by atoms with E-state index in [0.29, 0.717) is 0 Å². The first-order chi connectivity index (χ1) is 9.84. The van der Waals surface area contributed by atoms with Gasteiger partial charge in [0.05, 0.1) is 6.54 Å². The van der Waals surface area contributed by atoms with Crippen LogP contribution in [0.5, 0.6) is 0 Å². The number of benzene rings is 1. The standard InChI is InChI=1S/C16H22N4/c1-20(14-15-7-3-2-4-8-15)12-6-9-17-13-16-18-10-5-11-19-16/h2-5,7-8,10-11,17H,6,9,12-14H2,1H3. The molecule has 0 aliphatic rings. The van der Waals surface area contributed by atoms with Gasteiger partial charge < -0.3 is 10.2 Å². The van der Waals surface area contributed by atoms with Crippen molar-refractivity contribution in [1.29, 1.82) is 0 Å². The molecular weight excluding hydrogens is 248 g/mol. The fourth-order valence-corrected chi connectivity index (χ4v) is 2.07. The van der Waals surface area contributed by atoms with E-state index in [1.807, 2.05) is 6.07 Å². The molecule has 20 heavy (non-hydrogen) atoms. The molecule has 0 atom stereocenters. The van der Waals surface area contributed by atoms with Crippen LogP contribution in [0.3, 0.4) is 0 Å². The zero-order valence-electron chi connectivity index (χ0n) is 12.0. The fourth-order valence-electron chi connectivity index (χ4n) is 2.07. The van der Waals surface area contributed by atoms with Crippen LogP contribution in [0.2, 0.25) is 0 Å². The minimum absolute atomic E-state index is 0.739. The highest BCUT2D eigenvalue weighted by atomic mass is 15.1. The largest absolute Gasteiger partial charge is 0.310 e. The number of nitrogens with one attached hydrogen (secondary N) is 1. The first-order valence-corrected chi connectivity index (χ1v) is 7.03. The number of hydrogen-bond acceptors (Lipinski definition) is 4. The molecule has 0 fully saturated rings. The Bertz CT molecular complexity index is 472. The second kappa shape index (κ2) is 8.40. The SMILES string of the molecule is CN(CCCNCc1ncccn1)Cc1ccccc1. The monoisotopic (exact) mass is 270 g/mol. The van der Waals surface area contributed by atoms with Gasteiger partial charge in [0.25, 0.3) is 0 Å². The minimum Gasteiger partial charge on any atom is -0.310 e. The van der Waals surface area contributed by atoms with Crippen LogP contribution in [0.1, 0.15) is 17.8 Å². The van der Waals surface area contributed by atoms with E-state index in [4.69, 9.17) is 0 Å². The van der Waals surface area contributed by atoms with Gasteiger partial charge in [-0.05, 0) is 38.2 Å². The van der Waals surface area contributed by atoms with Gasteiger partial charge in [0.15, 0.2) is 0 Å². The Balaban J connectivity index is 1.57. The van der Waals surface area contributed by atoms with Gasteiger partial charge in [0.1, 0.15) is 5.82 Å². The van der Waals surface area contributed by atoms with Crippen LogP contribution in [0, 0.1) is 0 Å². The Morgan fingerprint density at radius 2 is 1.80 bits per heavy atom. The molecule has 0 amide bonds. The van der Waals surface area contributed by atoms with E-state index in [-0.39, 0.29) is 0 Å². The Labute approximate surface area is 120 Å². The van der Waals surface area contributed by atoms with E-state index in [2.05, 4.69) is 57.6 Å². The van der Waals surface area contributed by atoms with E-state index < -0.39 is 0 Å². The Hall–Kier alpha value is -1.78. The molecule has 0 saturated carbocycles. The summed E-state index contributed by atoms with van der Waals surface area (Å²) in [5.41, 5.74) is 1.36. The average molecular weight is 270 g/mol. The second-order valence-electron chi connectivity index (χ2n) is 4.92. The third kappa shape index (κ3) is 5.47. The Kier molecular flexibility index (Phi) is 6.14. The van der Waals surface area contributed by atoms with Crippen LogP contribution in [0.4, 0.5) is 0 Å². The predicted octanol–water partition coefficient (Wildman–Crippen LogP) is 2.09. The van der Waals surface area contributed by atoms with Crippen molar-refractivity contribution in [2.24, 2.45) is 0 Å².